The van der Waals surface area contributed by atoms with E-state index in [1.165, 1.54) is 12.0 Å². The van der Waals surface area contributed by atoms with Gasteiger partial charge in [-0.25, -0.2) is 0 Å². The monoisotopic (exact) mass is 309 g/mol. The van der Waals surface area contributed by atoms with Gasteiger partial charge in [-0.15, -0.1) is 0 Å². The van der Waals surface area contributed by atoms with E-state index in [4.69, 9.17) is 0 Å². The van der Waals surface area contributed by atoms with E-state index in [2.05, 4.69) is 69.4 Å². The van der Waals surface area contributed by atoms with E-state index in [0.29, 0.717) is 6.04 Å². The summed E-state index contributed by atoms with van der Waals surface area (Å²) in [4.78, 5) is 6.50. The minimum atomic E-state index is 0.607. The fraction of sp³-hybridized carbons (Fsp3) is 0.500. The number of aliphatic imine (C=N–C) groups is 1. The number of benzene rings is 1. The van der Waals surface area contributed by atoms with Crippen LogP contribution in [0.3, 0.4) is 0 Å². The van der Waals surface area contributed by atoms with Crippen LogP contribution in [0, 0.1) is 5.92 Å². The van der Waals surface area contributed by atoms with Crippen LogP contribution in [0.1, 0.15) is 18.9 Å². The third kappa shape index (κ3) is 3.48. The number of nitrogens with one attached hydrogen (secondary N) is 1. The van der Waals surface area contributed by atoms with Gasteiger partial charge < -0.3 is 10.2 Å². The summed E-state index contributed by atoms with van der Waals surface area (Å²) in [5.41, 5.74) is 1.28. The van der Waals surface area contributed by atoms with Crippen LogP contribution >= 0.6 is 15.9 Å². The Bertz CT molecular complexity index is 427. The molecule has 0 amide bonds. The minimum Gasteiger partial charge on any atom is -0.353 e. The Hall–Kier alpha value is -1.03. The molecule has 1 aliphatic carbocycles. The van der Waals surface area contributed by atoms with E-state index in [1.54, 1.807) is 0 Å². The molecular formula is C14H20BrN3. The van der Waals surface area contributed by atoms with E-state index in [-0.39, 0.29) is 0 Å². The Morgan fingerprint density at radius 2 is 2.06 bits per heavy atom. The van der Waals surface area contributed by atoms with Gasteiger partial charge in [0.1, 0.15) is 0 Å². The van der Waals surface area contributed by atoms with Crippen molar-refractivity contribution in [2.24, 2.45) is 10.9 Å². The lowest BCUT2D eigenvalue weighted by Gasteiger charge is -2.22. The van der Waals surface area contributed by atoms with Gasteiger partial charge in [0, 0.05) is 31.2 Å². The molecule has 18 heavy (non-hydrogen) atoms. The molecule has 1 aliphatic rings. The molecule has 3 nitrogen and oxygen atoms in total. The highest BCUT2D eigenvalue weighted by molar-refractivity contribution is 9.10. The second-order valence-corrected chi connectivity index (χ2v) is 5.91. The van der Waals surface area contributed by atoms with E-state index in [0.717, 1.165) is 22.9 Å². The Labute approximate surface area is 117 Å². The Morgan fingerprint density at radius 3 is 2.56 bits per heavy atom. The molecule has 0 aliphatic heterocycles. The van der Waals surface area contributed by atoms with Gasteiger partial charge in [-0.3, -0.25) is 4.99 Å². The van der Waals surface area contributed by atoms with Crippen LogP contribution in [0.25, 0.3) is 0 Å². The first-order valence-corrected chi connectivity index (χ1v) is 7.08. The van der Waals surface area contributed by atoms with E-state index >= 15 is 0 Å². The summed E-state index contributed by atoms with van der Waals surface area (Å²) >= 11 is 3.45. The highest BCUT2D eigenvalue weighted by atomic mass is 79.9. The lowest BCUT2D eigenvalue weighted by molar-refractivity contribution is 0.474. The number of nitrogens with zero attached hydrogens (tertiary/aromatic N) is 2. The minimum absolute atomic E-state index is 0.607. The van der Waals surface area contributed by atoms with Crippen molar-refractivity contribution in [3.05, 3.63) is 34.3 Å². The first kappa shape index (κ1) is 13.4. The lowest BCUT2D eigenvalue weighted by Crippen LogP contribution is -2.40. The van der Waals surface area contributed by atoms with E-state index in [1.807, 2.05) is 7.05 Å². The highest BCUT2D eigenvalue weighted by Crippen LogP contribution is 2.29. The highest BCUT2D eigenvalue weighted by Gasteiger charge is 2.33. The maximum absolute atomic E-state index is 4.34. The van der Waals surface area contributed by atoms with Gasteiger partial charge in [0.15, 0.2) is 5.96 Å². The van der Waals surface area contributed by atoms with Gasteiger partial charge in [0.05, 0.1) is 0 Å². The van der Waals surface area contributed by atoms with E-state index < -0.39 is 0 Å². The topological polar surface area (TPSA) is 27.6 Å². The number of hydrogen-bond donors (Lipinski definition) is 1. The third-order valence-corrected chi connectivity index (χ3v) is 3.86. The summed E-state index contributed by atoms with van der Waals surface area (Å²) in [6, 6.07) is 9.02. The number of rotatable bonds is 3. The third-order valence-electron chi connectivity index (χ3n) is 3.33. The van der Waals surface area contributed by atoms with Gasteiger partial charge in [-0.05, 0) is 30.0 Å². The van der Waals surface area contributed by atoms with Crippen molar-refractivity contribution < 1.29 is 0 Å². The molecule has 1 aromatic rings. The predicted octanol–water partition coefficient (Wildman–Crippen LogP) is 2.86. The molecule has 0 spiro atoms. The van der Waals surface area contributed by atoms with Gasteiger partial charge in [-0.2, -0.15) is 0 Å². The van der Waals surface area contributed by atoms with Crippen molar-refractivity contribution >= 4 is 21.9 Å². The van der Waals surface area contributed by atoms with Crippen molar-refractivity contribution in [1.29, 1.82) is 0 Å². The zero-order valence-corrected chi connectivity index (χ0v) is 12.7. The maximum atomic E-state index is 4.34. The molecule has 98 valence electrons. The van der Waals surface area contributed by atoms with Gasteiger partial charge in [0.2, 0.25) is 0 Å². The average molecular weight is 310 g/mol. The van der Waals surface area contributed by atoms with Gasteiger partial charge in [0.25, 0.3) is 0 Å². The van der Waals surface area contributed by atoms with Crippen LogP contribution < -0.4 is 5.32 Å². The summed E-state index contributed by atoms with van der Waals surface area (Å²) in [5.74, 6) is 1.76. The largest absolute Gasteiger partial charge is 0.353 e. The maximum Gasteiger partial charge on any atom is 0.193 e. The smallest absolute Gasteiger partial charge is 0.193 e. The quantitative estimate of drug-likeness (QED) is 0.687. The Kier molecular flexibility index (Phi) is 4.27. The van der Waals surface area contributed by atoms with Crippen LogP contribution in [0.15, 0.2) is 33.7 Å². The summed E-state index contributed by atoms with van der Waals surface area (Å²) in [7, 11) is 3.91. The average Bonchev–Trinajstić information content (AvgIpc) is 3.05. The van der Waals surface area contributed by atoms with Crippen LogP contribution in [0.2, 0.25) is 0 Å². The van der Waals surface area contributed by atoms with Crippen LogP contribution in [-0.4, -0.2) is 31.0 Å². The second-order valence-electron chi connectivity index (χ2n) is 4.99. The molecule has 1 saturated carbocycles. The molecule has 0 aromatic heterocycles. The number of hydrogen-bond acceptors (Lipinski definition) is 1. The normalized spacial score (nSPS) is 22.8. The number of guanidine groups is 1. The molecule has 2 rings (SSSR count). The molecule has 0 heterocycles. The summed E-state index contributed by atoms with van der Waals surface area (Å²) in [6.45, 7) is 3.13. The Morgan fingerprint density at radius 1 is 1.44 bits per heavy atom. The molecule has 1 fully saturated rings. The molecule has 4 heteroatoms. The fourth-order valence-electron chi connectivity index (χ4n) is 1.97. The molecule has 0 radical (unpaired) electrons. The van der Waals surface area contributed by atoms with Crippen molar-refractivity contribution in [3.63, 3.8) is 0 Å². The Balaban J connectivity index is 1.93. The van der Waals surface area contributed by atoms with Crippen molar-refractivity contribution in [2.75, 3.05) is 14.1 Å². The van der Waals surface area contributed by atoms with E-state index in [9.17, 15) is 0 Å². The summed E-state index contributed by atoms with van der Waals surface area (Å²) < 4.78 is 1.11. The molecule has 2 unspecified atom stereocenters. The SMILES string of the molecule is CN=C(NC1CC1C)N(C)Cc1ccc(Br)cc1. The van der Waals surface area contributed by atoms with Gasteiger partial charge >= 0.3 is 0 Å². The van der Waals surface area contributed by atoms with Crippen LogP contribution in [0.4, 0.5) is 0 Å². The van der Waals surface area contributed by atoms with Crippen molar-refractivity contribution in [1.82, 2.24) is 10.2 Å². The second kappa shape index (κ2) is 5.74. The van der Waals surface area contributed by atoms with Gasteiger partial charge in [-0.1, -0.05) is 35.0 Å². The first-order valence-electron chi connectivity index (χ1n) is 6.29. The lowest BCUT2D eigenvalue weighted by atomic mass is 10.2. The predicted molar refractivity (Wildman–Crippen MR) is 79.7 cm³/mol. The van der Waals surface area contributed by atoms with Crippen LogP contribution in [-0.2, 0) is 6.54 Å². The fourth-order valence-corrected chi connectivity index (χ4v) is 2.24. The number of halogens is 1. The zero-order chi connectivity index (χ0) is 13.1. The summed E-state index contributed by atoms with van der Waals surface area (Å²) in [6.07, 6.45) is 1.26. The molecular weight excluding hydrogens is 290 g/mol. The molecule has 0 bridgehead atoms. The molecule has 2 atom stereocenters. The standard InChI is InChI=1S/C14H20BrN3/c1-10-8-13(10)17-14(16-2)18(3)9-11-4-6-12(15)7-5-11/h4-7,10,13H,8-9H2,1-3H3,(H,16,17). The molecule has 1 aromatic carbocycles. The summed E-state index contributed by atoms with van der Waals surface area (Å²) in [5, 5.41) is 3.49. The zero-order valence-electron chi connectivity index (χ0n) is 11.2. The van der Waals surface area contributed by atoms with Crippen molar-refractivity contribution in [3.8, 4) is 0 Å². The first-order chi connectivity index (χ1) is 8.60. The molecule has 1 N–H and O–H groups in total. The van der Waals surface area contributed by atoms with Crippen molar-refractivity contribution in [2.45, 2.75) is 25.9 Å². The van der Waals surface area contributed by atoms with Crippen LogP contribution in [0.5, 0.6) is 0 Å². The molecule has 0 saturated heterocycles.